The number of carbonyl (C=O) groups excluding carboxylic acids is 1. The Balaban J connectivity index is 4.34. The number of nitrogens with zero attached hydrogens (tertiary/aromatic N) is 1. The lowest BCUT2D eigenvalue weighted by Gasteiger charge is -2.24. The Morgan fingerprint density at radius 1 is 1.06 bits per heavy atom. The molecule has 0 aliphatic carbocycles. The molecule has 0 saturated carbocycles. The van der Waals surface area contributed by atoms with Crippen LogP contribution >= 0.6 is 0 Å². The first-order chi connectivity index (χ1) is 8.04. The van der Waals surface area contributed by atoms with E-state index in [1.165, 1.54) is 19.3 Å². The van der Waals surface area contributed by atoms with Crippen LogP contribution in [0.5, 0.6) is 0 Å². The van der Waals surface area contributed by atoms with Crippen LogP contribution in [-0.2, 0) is 4.79 Å². The summed E-state index contributed by atoms with van der Waals surface area (Å²) in [4.78, 5) is 14.6. The molecule has 0 fully saturated rings. The molecule has 0 aliphatic heterocycles. The van der Waals surface area contributed by atoms with Crippen LogP contribution in [0, 0.1) is 17.8 Å². The van der Waals surface area contributed by atoms with Crippen molar-refractivity contribution in [2.75, 3.05) is 0 Å². The summed E-state index contributed by atoms with van der Waals surface area (Å²) in [5.74, 6) is 1.86. The van der Waals surface area contributed by atoms with Crippen LogP contribution in [0.1, 0.15) is 66.7 Å². The molecule has 0 spiro atoms. The Morgan fingerprint density at radius 3 is 2.18 bits per heavy atom. The highest BCUT2D eigenvalue weighted by Crippen LogP contribution is 2.25. The Morgan fingerprint density at radius 2 is 1.71 bits per heavy atom. The second kappa shape index (κ2) is 9.41. The molecule has 0 aromatic rings. The molecule has 0 aromatic carbocycles. The largest absolute Gasteiger partial charge is 0.235 e. The molecule has 0 bridgehead atoms. The van der Waals surface area contributed by atoms with Crippen molar-refractivity contribution in [3.8, 4) is 0 Å². The third-order valence-electron chi connectivity index (χ3n) is 3.77. The third kappa shape index (κ3) is 7.33. The maximum Gasteiger partial charge on any atom is 0.235 e. The summed E-state index contributed by atoms with van der Waals surface area (Å²) in [6.07, 6.45) is 7.58. The van der Waals surface area contributed by atoms with Crippen LogP contribution in [0.25, 0.3) is 0 Å². The van der Waals surface area contributed by atoms with Crippen LogP contribution in [-0.4, -0.2) is 12.1 Å². The van der Waals surface area contributed by atoms with Crippen LogP contribution in [0.3, 0.4) is 0 Å². The Kier molecular flexibility index (Phi) is 9.07. The van der Waals surface area contributed by atoms with Gasteiger partial charge in [-0.1, -0.05) is 53.9 Å². The predicted octanol–water partition coefficient (Wildman–Crippen LogP) is 4.59. The SMILES string of the molecule is CCCC(C)CC(N=C=O)C(C)CC(C)CC. The fourth-order valence-electron chi connectivity index (χ4n) is 2.46. The first kappa shape index (κ1) is 16.4. The van der Waals surface area contributed by atoms with Crippen molar-refractivity contribution < 1.29 is 4.79 Å². The summed E-state index contributed by atoms with van der Waals surface area (Å²) in [6, 6.07) is 0.169. The summed E-state index contributed by atoms with van der Waals surface area (Å²) >= 11 is 0. The lowest BCUT2D eigenvalue weighted by molar-refractivity contribution is 0.307. The van der Waals surface area contributed by atoms with Crippen molar-refractivity contribution in [1.29, 1.82) is 0 Å². The van der Waals surface area contributed by atoms with Gasteiger partial charge in [-0.25, -0.2) is 9.79 Å². The Labute approximate surface area is 107 Å². The standard InChI is InChI=1S/C15H29NO/c1-6-8-13(4)10-15(16-11-17)14(5)9-12(3)7-2/h12-15H,6-10H2,1-5H3. The Bertz CT molecular complexity index is 233. The summed E-state index contributed by atoms with van der Waals surface area (Å²) in [6.45, 7) is 11.2. The highest BCUT2D eigenvalue weighted by molar-refractivity contribution is 5.33. The van der Waals surface area contributed by atoms with Crippen LogP contribution in [0.15, 0.2) is 4.99 Å². The van der Waals surface area contributed by atoms with Crippen molar-refractivity contribution in [3.63, 3.8) is 0 Å². The van der Waals surface area contributed by atoms with Crippen LogP contribution in [0.2, 0.25) is 0 Å². The third-order valence-corrected chi connectivity index (χ3v) is 3.77. The number of aliphatic imine (C=N–C) groups is 1. The highest BCUT2D eigenvalue weighted by Gasteiger charge is 2.20. The normalized spacial score (nSPS) is 17.9. The van der Waals surface area contributed by atoms with E-state index in [1.54, 1.807) is 6.08 Å². The molecule has 0 radical (unpaired) electrons. The minimum absolute atomic E-state index is 0.169. The van der Waals surface area contributed by atoms with E-state index in [1.807, 2.05) is 0 Å². The van der Waals surface area contributed by atoms with Gasteiger partial charge in [0.2, 0.25) is 6.08 Å². The zero-order chi connectivity index (χ0) is 13.3. The minimum atomic E-state index is 0.169. The number of hydrogen-bond donors (Lipinski definition) is 0. The molecule has 0 heterocycles. The molecule has 0 aliphatic rings. The molecule has 2 nitrogen and oxygen atoms in total. The van der Waals surface area contributed by atoms with Crippen molar-refractivity contribution in [2.45, 2.75) is 72.8 Å². The fourth-order valence-corrected chi connectivity index (χ4v) is 2.46. The van der Waals surface area contributed by atoms with E-state index in [4.69, 9.17) is 0 Å². The Hall–Kier alpha value is -0.620. The molecular formula is C15H29NO. The van der Waals surface area contributed by atoms with E-state index in [-0.39, 0.29) is 6.04 Å². The van der Waals surface area contributed by atoms with Gasteiger partial charge in [0.05, 0.1) is 6.04 Å². The average molecular weight is 239 g/mol. The maximum atomic E-state index is 10.5. The lowest BCUT2D eigenvalue weighted by atomic mass is 9.85. The van der Waals surface area contributed by atoms with Crippen molar-refractivity contribution in [3.05, 3.63) is 0 Å². The van der Waals surface area contributed by atoms with E-state index < -0.39 is 0 Å². The molecular weight excluding hydrogens is 210 g/mol. The molecule has 0 aromatic heterocycles. The molecule has 4 atom stereocenters. The van der Waals surface area contributed by atoms with E-state index in [9.17, 15) is 4.79 Å². The van der Waals surface area contributed by atoms with E-state index >= 15 is 0 Å². The van der Waals surface area contributed by atoms with E-state index in [0.29, 0.717) is 11.8 Å². The number of isocyanates is 1. The zero-order valence-electron chi connectivity index (χ0n) is 12.2. The van der Waals surface area contributed by atoms with Crippen molar-refractivity contribution in [1.82, 2.24) is 0 Å². The second-order valence-electron chi connectivity index (χ2n) is 5.64. The first-order valence-corrected chi connectivity index (χ1v) is 7.12. The van der Waals surface area contributed by atoms with Gasteiger partial charge in [-0.15, -0.1) is 0 Å². The summed E-state index contributed by atoms with van der Waals surface area (Å²) < 4.78 is 0. The average Bonchev–Trinajstić information content (AvgIpc) is 2.28. The number of hydrogen-bond acceptors (Lipinski definition) is 2. The van der Waals surface area contributed by atoms with E-state index in [2.05, 4.69) is 39.6 Å². The van der Waals surface area contributed by atoms with Gasteiger partial charge in [0, 0.05) is 0 Å². The van der Waals surface area contributed by atoms with Gasteiger partial charge in [0.15, 0.2) is 0 Å². The fraction of sp³-hybridized carbons (Fsp3) is 0.933. The molecule has 0 saturated heterocycles. The van der Waals surface area contributed by atoms with Gasteiger partial charge >= 0.3 is 0 Å². The first-order valence-electron chi connectivity index (χ1n) is 7.12. The van der Waals surface area contributed by atoms with Gasteiger partial charge in [0.25, 0.3) is 0 Å². The molecule has 17 heavy (non-hydrogen) atoms. The number of rotatable bonds is 9. The maximum absolute atomic E-state index is 10.5. The quantitative estimate of drug-likeness (QED) is 0.427. The topological polar surface area (TPSA) is 29.4 Å². The van der Waals surface area contributed by atoms with Crippen molar-refractivity contribution in [2.24, 2.45) is 22.7 Å². The highest BCUT2D eigenvalue weighted by atomic mass is 16.1. The van der Waals surface area contributed by atoms with Gasteiger partial charge in [-0.2, -0.15) is 0 Å². The molecule has 0 N–H and O–H groups in total. The second-order valence-corrected chi connectivity index (χ2v) is 5.64. The molecule has 0 amide bonds. The van der Waals surface area contributed by atoms with E-state index in [0.717, 1.165) is 18.8 Å². The van der Waals surface area contributed by atoms with Crippen LogP contribution in [0.4, 0.5) is 0 Å². The predicted molar refractivity (Wildman–Crippen MR) is 73.8 cm³/mol. The van der Waals surface area contributed by atoms with Gasteiger partial charge in [0.1, 0.15) is 0 Å². The molecule has 4 unspecified atom stereocenters. The van der Waals surface area contributed by atoms with Gasteiger partial charge in [-0.05, 0) is 30.6 Å². The van der Waals surface area contributed by atoms with Crippen molar-refractivity contribution >= 4 is 6.08 Å². The zero-order valence-corrected chi connectivity index (χ0v) is 12.2. The van der Waals surface area contributed by atoms with Gasteiger partial charge < -0.3 is 0 Å². The summed E-state index contributed by atoms with van der Waals surface area (Å²) in [5, 5.41) is 0. The summed E-state index contributed by atoms with van der Waals surface area (Å²) in [5.41, 5.74) is 0. The summed E-state index contributed by atoms with van der Waals surface area (Å²) in [7, 11) is 0. The lowest BCUT2D eigenvalue weighted by Crippen LogP contribution is -2.21. The monoisotopic (exact) mass is 239 g/mol. The molecule has 0 rings (SSSR count). The van der Waals surface area contributed by atoms with Crippen LogP contribution < -0.4 is 0 Å². The smallest absolute Gasteiger partial charge is 0.211 e. The minimum Gasteiger partial charge on any atom is -0.211 e. The van der Waals surface area contributed by atoms with Gasteiger partial charge in [-0.3, -0.25) is 0 Å². The molecule has 100 valence electrons. The molecule has 2 heteroatoms.